The number of rotatable bonds is 2. The molecule has 0 saturated carbocycles. The summed E-state index contributed by atoms with van der Waals surface area (Å²) in [7, 11) is 0. The molecule has 0 fully saturated rings. The summed E-state index contributed by atoms with van der Waals surface area (Å²) in [4.78, 5) is 9.34. The van der Waals surface area contributed by atoms with Gasteiger partial charge in [-0.1, -0.05) is 11.8 Å². The van der Waals surface area contributed by atoms with Crippen LogP contribution in [0.15, 0.2) is 32.9 Å². The van der Waals surface area contributed by atoms with E-state index in [9.17, 15) is 0 Å². The average Bonchev–Trinajstić information content (AvgIpc) is 2.65. The fourth-order valence-corrected chi connectivity index (χ4v) is 2.77. The van der Waals surface area contributed by atoms with Crippen LogP contribution >= 0.6 is 23.1 Å². The number of hydrogen-bond donors (Lipinski definition) is 0. The maximum absolute atomic E-state index is 8.59. The van der Waals surface area contributed by atoms with Crippen molar-refractivity contribution in [2.75, 3.05) is 0 Å². The Labute approximate surface area is 95.8 Å². The van der Waals surface area contributed by atoms with Crippen LogP contribution in [0, 0.1) is 18.3 Å². The Morgan fingerprint density at radius 3 is 2.87 bits per heavy atom. The van der Waals surface area contributed by atoms with Crippen molar-refractivity contribution in [2.45, 2.75) is 16.2 Å². The normalized spacial score (nSPS) is 9.87. The highest BCUT2D eigenvalue weighted by Crippen LogP contribution is 2.29. The van der Waals surface area contributed by atoms with E-state index in [0.717, 1.165) is 14.9 Å². The van der Waals surface area contributed by atoms with Crippen molar-refractivity contribution < 1.29 is 0 Å². The van der Waals surface area contributed by atoms with E-state index in [0.29, 0.717) is 5.69 Å². The summed E-state index contributed by atoms with van der Waals surface area (Å²) in [6.45, 7) is 1.97. The Morgan fingerprint density at radius 1 is 1.47 bits per heavy atom. The van der Waals surface area contributed by atoms with E-state index in [2.05, 4.69) is 9.97 Å². The topological polar surface area (TPSA) is 49.6 Å². The molecule has 15 heavy (non-hydrogen) atoms. The molecule has 0 spiro atoms. The van der Waals surface area contributed by atoms with Gasteiger partial charge in [-0.05, 0) is 19.1 Å². The summed E-state index contributed by atoms with van der Waals surface area (Å²) >= 11 is 3.18. The highest BCUT2D eigenvalue weighted by molar-refractivity contribution is 8.01. The molecule has 0 aliphatic heterocycles. The molecule has 0 bridgehead atoms. The van der Waals surface area contributed by atoms with E-state index in [1.807, 2.05) is 24.4 Å². The van der Waals surface area contributed by atoms with Gasteiger partial charge in [-0.15, -0.1) is 11.3 Å². The first-order chi connectivity index (χ1) is 7.28. The molecule has 0 radical (unpaired) electrons. The maximum Gasteiger partial charge on any atom is 0.154 e. The highest BCUT2D eigenvalue weighted by atomic mass is 32.2. The van der Waals surface area contributed by atoms with Crippen LogP contribution in [0.2, 0.25) is 0 Å². The molecule has 0 aliphatic carbocycles. The van der Waals surface area contributed by atoms with Crippen LogP contribution in [0.25, 0.3) is 0 Å². The second-order valence-electron chi connectivity index (χ2n) is 2.85. The molecule has 0 N–H and O–H groups in total. The van der Waals surface area contributed by atoms with E-state index in [1.165, 1.54) is 0 Å². The fourth-order valence-electron chi connectivity index (χ4n) is 0.987. The summed E-state index contributed by atoms with van der Waals surface area (Å²) in [6, 6.07) is 5.58. The Bertz CT molecular complexity index is 496. The molecule has 2 aromatic heterocycles. The Hall–Kier alpha value is -1.38. The minimum atomic E-state index is 0.440. The summed E-state index contributed by atoms with van der Waals surface area (Å²) in [6.07, 6.45) is 1.69. The van der Waals surface area contributed by atoms with Gasteiger partial charge < -0.3 is 0 Å². The lowest BCUT2D eigenvalue weighted by Crippen LogP contribution is -1.81. The fraction of sp³-hybridized carbons (Fsp3) is 0.100. The summed E-state index contributed by atoms with van der Waals surface area (Å²) in [5.41, 5.74) is 1.47. The number of pyridine rings is 1. The van der Waals surface area contributed by atoms with Crippen LogP contribution in [0.1, 0.15) is 11.4 Å². The predicted molar refractivity (Wildman–Crippen MR) is 59.9 cm³/mol. The molecule has 0 amide bonds. The summed E-state index contributed by atoms with van der Waals surface area (Å²) in [5.74, 6) is 0. The van der Waals surface area contributed by atoms with Gasteiger partial charge in [0, 0.05) is 22.2 Å². The molecule has 74 valence electrons. The van der Waals surface area contributed by atoms with Crippen LogP contribution in [0.3, 0.4) is 0 Å². The lowest BCUT2D eigenvalue weighted by atomic mass is 10.4. The van der Waals surface area contributed by atoms with Crippen molar-refractivity contribution in [1.29, 1.82) is 5.26 Å². The van der Waals surface area contributed by atoms with Crippen molar-refractivity contribution in [3.8, 4) is 6.07 Å². The van der Waals surface area contributed by atoms with E-state index in [-0.39, 0.29) is 0 Å². The molecular formula is C10H7N3S2. The number of hydrogen-bond acceptors (Lipinski definition) is 5. The van der Waals surface area contributed by atoms with Crippen LogP contribution in [-0.2, 0) is 0 Å². The smallest absolute Gasteiger partial charge is 0.154 e. The third-order valence-corrected chi connectivity index (χ3v) is 3.69. The molecule has 0 aromatic carbocycles. The van der Waals surface area contributed by atoms with Gasteiger partial charge in [-0.3, -0.25) is 0 Å². The van der Waals surface area contributed by atoms with Crippen LogP contribution in [-0.4, -0.2) is 9.97 Å². The van der Waals surface area contributed by atoms with Crippen molar-refractivity contribution in [1.82, 2.24) is 9.97 Å². The van der Waals surface area contributed by atoms with E-state index in [1.54, 1.807) is 35.4 Å². The molecule has 0 unspecified atom stereocenters. The number of nitriles is 1. The number of nitrogens with zero attached hydrogens (tertiary/aromatic N) is 3. The van der Waals surface area contributed by atoms with Gasteiger partial charge in [0.1, 0.15) is 11.8 Å². The average molecular weight is 233 g/mol. The Morgan fingerprint density at radius 2 is 2.33 bits per heavy atom. The molecule has 2 heterocycles. The summed E-state index contributed by atoms with van der Waals surface area (Å²) < 4.78 is 0.999. The molecular weight excluding hydrogens is 226 g/mol. The Balaban J connectivity index is 2.15. The van der Waals surface area contributed by atoms with E-state index in [4.69, 9.17) is 5.26 Å². The first-order valence-corrected chi connectivity index (χ1v) is 5.93. The lowest BCUT2D eigenvalue weighted by molar-refractivity contribution is 1.15. The van der Waals surface area contributed by atoms with Gasteiger partial charge in [-0.2, -0.15) is 5.26 Å². The molecule has 2 aromatic rings. The van der Waals surface area contributed by atoms with Gasteiger partial charge in [0.05, 0.1) is 0 Å². The van der Waals surface area contributed by atoms with E-state index < -0.39 is 0 Å². The standard InChI is InChI=1S/C10H7N3S2/c1-7-6-14-10(13-7)15-9-3-2-8(4-11)12-5-9/h2-3,5-6H,1H3. The maximum atomic E-state index is 8.59. The zero-order valence-electron chi connectivity index (χ0n) is 7.97. The molecule has 2 rings (SSSR count). The van der Waals surface area contributed by atoms with Crippen molar-refractivity contribution in [2.24, 2.45) is 0 Å². The number of aryl methyl sites for hydroxylation is 1. The summed E-state index contributed by atoms with van der Waals surface area (Å²) in [5, 5.41) is 10.6. The zero-order chi connectivity index (χ0) is 10.7. The van der Waals surface area contributed by atoms with Gasteiger partial charge >= 0.3 is 0 Å². The SMILES string of the molecule is Cc1csc(Sc2ccc(C#N)nc2)n1. The molecule has 0 saturated heterocycles. The van der Waals surface area contributed by atoms with Crippen LogP contribution in [0.5, 0.6) is 0 Å². The van der Waals surface area contributed by atoms with Crippen LogP contribution in [0.4, 0.5) is 0 Å². The van der Waals surface area contributed by atoms with Gasteiger partial charge in [0.25, 0.3) is 0 Å². The number of thiazole rings is 1. The first-order valence-electron chi connectivity index (χ1n) is 4.24. The first kappa shape index (κ1) is 10.1. The van der Waals surface area contributed by atoms with Crippen molar-refractivity contribution in [3.63, 3.8) is 0 Å². The minimum absolute atomic E-state index is 0.440. The zero-order valence-corrected chi connectivity index (χ0v) is 9.60. The van der Waals surface area contributed by atoms with Crippen molar-refractivity contribution >= 4 is 23.1 Å². The largest absolute Gasteiger partial charge is 0.244 e. The van der Waals surface area contributed by atoms with Crippen molar-refractivity contribution in [3.05, 3.63) is 35.1 Å². The quantitative estimate of drug-likeness (QED) is 0.800. The highest BCUT2D eigenvalue weighted by Gasteiger charge is 2.02. The van der Waals surface area contributed by atoms with Gasteiger partial charge in [0.2, 0.25) is 0 Å². The van der Waals surface area contributed by atoms with E-state index >= 15 is 0 Å². The lowest BCUT2D eigenvalue weighted by Gasteiger charge is -1.95. The molecule has 0 atom stereocenters. The second kappa shape index (κ2) is 4.43. The third-order valence-electron chi connectivity index (χ3n) is 1.65. The number of aromatic nitrogens is 2. The molecule has 0 aliphatic rings. The molecule has 3 nitrogen and oxygen atoms in total. The Kier molecular flexibility index (Phi) is 2.99. The third kappa shape index (κ3) is 2.55. The van der Waals surface area contributed by atoms with Gasteiger partial charge in [-0.25, -0.2) is 9.97 Å². The minimum Gasteiger partial charge on any atom is -0.244 e. The second-order valence-corrected chi connectivity index (χ2v) is 5.03. The predicted octanol–water partition coefficient (Wildman–Crippen LogP) is 2.87. The molecule has 5 heteroatoms. The van der Waals surface area contributed by atoms with Gasteiger partial charge in [0.15, 0.2) is 4.34 Å². The monoisotopic (exact) mass is 233 g/mol. The van der Waals surface area contributed by atoms with Crippen LogP contribution < -0.4 is 0 Å².